The number of benzene rings is 1. The fourth-order valence-electron chi connectivity index (χ4n) is 3.06. The van der Waals surface area contributed by atoms with E-state index in [1.165, 1.54) is 0 Å². The normalized spacial score (nSPS) is 17.6. The van der Waals surface area contributed by atoms with Crippen molar-refractivity contribution in [3.05, 3.63) is 23.8 Å². The standard InChI is InChI=1S/C16H26N2O3.ClH/c1-16(2,11-19)15(18-8-6-17-7-9-18)12-4-5-14(21-3)13(20)10-12;/h4-5,10,15,17,19-20H,6-9,11H2,1-3H3;1H/t15-;/m0./s1. The van der Waals surface area contributed by atoms with Gasteiger partial charge in [-0.15, -0.1) is 12.4 Å². The Balaban J connectivity index is 0.00000242. The van der Waals surface area contributed by atoms with Gasteiger partial charge in [0.05, 0.1) is 7.11 Å². The summed E-state index contributed by atoms with van der Waals surface area (Å²) in [5.74, 6) is 0.614. The Kier molecular flexibility index (Phi) is 6.94. The number of nitrogens with one attached hydrogen (secondary N) is 1. The highest BCUT2D eigenvalue weighted by Crippen LogP contribution is 2.40. The summed E-state index contributed by atoms with van der Waals surface area (Å²) in [6, 6.07) is 5.57. The molecule has 0 aliphatic carbocycles. The summed E-state index contributed by atoms with van der Waals surface area (Å²) in [6.07, 6.45) is 0. The Bertz CT molecular complexity index is 476. The summed E-state index contributed by atoms with van der Waals surface area (Å²) in [5, 5.41) is 23.2. The van der Waals surface area contributed by atoms with Crippen molar-refractivity contribution in [2.24, 2.45) is 5.41 Å². The molecule has 1 heterocycles. The van der Waals surface area contributed by atoms with Crippen molar-refractivity contribution in [3.8, 4) is 11.5 Å². The molecule has 0 radical (unpaired) electrons. The van der Waals surface area contributed by atoms with Crippen LogP contribution in [0.15, 0.2) is 18.2 Å². The van der Waals surface area contributed by atoms with E-state index in [4.69, 9.17) is 4.74 Å². The number of hydrogen-bond donors (Lipinski definition) is 3. The summed E-state index contributed by atoms with van der Waals surface area (Å²) in [7, 11) is 1.54. The highest BCUT2D eigenvalue weighted by molar-refractivity contribution is 5.85. The van der Waals surface area contributed by atoms with Gasteiger partial charge in [0.15, 0.2) is 11.5 Å². The van der Waals surface area contributed by atoms with E-state index in [2.05, 4.69) is 24.1 Å². The van der Waals surface area contributed by atoms with E-state index in [1.807, 2.05) is 6.07 Å². The summed E-state index contributed by atoms with van der Waals surface area (Å²) in [4.78, 5) is 2.37. The van der Waals surface area contributed by atoms with Gasteiger partial charge >= 0.3 is 0 Å². The molecule has 1 fully saturated rings. The van der Waals surface area contributed by atoms with Crippen molar-refractivity contribution < 1.29 is 14.9 Å². The molecule has 1 aliphatic heterocycles. The fourth-order valence-corrected chi connectivity index (χ4v) is 3.06. The number of aliphatic hydroxyl groups is 1. The molecule has 0 bridgehead atoms. The van der Waals surface area contributed by atoms with Crippen LogP contribution in [0.2, 0.25) is 0 Å². The summed E-state index contributed by atoms with van der Waals surface area (Å²) in [6.45, 7) is 7.96. The van der Waals surface area contributed by atoms with Crippen LogP contribution in [0.5, 0.6) is 11.5 Å². The number of hydrogen-bond acceptors (Lipinski definition) is 5. The van der Waals surface area contributed by atoms with Gasteiger partial charge in [0.1, 0.15) is 0 Å². The third-order valence-electron chi connectivity index (χ3n) is 4.18. The molecule has 0 spiro atoms. The van der Waals surface area contributed by atoms with E-state index in [-0.39, 0.29) is 36.2 Å². The fraction of sp³-hybridized carbons (Fsp3) is 0.625. The molecular formula is C16H27ClN2O3. The van der Waals surface area contributed by atoms with E-state index in [0.29, 0.717) is 5.75 Å². The molecule has 126 valence electrons. The molecule has 1 aromatic rings. The van der Waals surface area contributed by atoms with Crippen LogP contribution in [0.25, 0.3) is 0 Å². The van der Waals surface area contributed by atoms with Crippen LogP contribution >= 0.6 is 12.4 Å². The molecule has 3 N–H and O–H groups in total. The first-order valence-corrected chi connectivity index (χ1v) is 7.42. The van der Waals surface area contributed by atoms with Crippen LogP contribution in [-0.2, 0) is 0 Å². The van der Waals surface area contributed by atoms with Gasteiger partial charge in [0.2, 0.25) is 0 Å². The number of aliphatic hydroxyl groups excluding tert-OH is 1. The van der Waals surface area contributed by atoms with Crippen molar-refractivity contribution in [3.63, 3.8) is 0 Å². The number of phenols is 1. The Morgan fingerprint density at radius 2 is 1.95 bits per heavy atom. The van der Waals surface area contributed by atoms with Crippen LogP contribution in [0.1, 0.15) is 25.5 Å². The lowest BCUT2D eigenvalue weighted by Gasteiger charge is -2.43. The van der Waals surface area contributed by atoms with Gasteiger partial charge in [-0.05, 0) is 17.7 Å². The van der Waals surface area contributed by atoms with Gasteiger partial charge in [-0.1, -0.05) is 19.9 Å². The van der Waals surface area contributed by atoms with Crippen LogP contribution < -0.4 is 10.1 Å². The molecule has 1 atom stereocenters. The van der Waals surface area contributed by atoms with Crippen LogP contribution in [0.3, 0.4) is 0 Å². The van der Waals surface area contributed by atoms with Crippen molar-refractivity contribution in [2.45, 2.75) is 19.9 Å². The Labute approximate surface area is 138 Å². The van der Waals surface area contributed by atoms with E-state index >= 15 is 0 Å². The van der Waals surface area contributed by atoms with E-state index in [0.717, 1.165) is 31.7 Å². The molecule has 0 amide bonds. The molecule has 1 aliphatic rings. The molecule has 0 saturated carbocycles. The Morgan fingerprint density at radius 3 is 2.45 bits per heavy atom. The second-order valence-corrected chi connectivity index (χ2v) is 6.27. The zero-order chi connectivity index (χ0) is 15.5. The molecule has 2 rings (SSSR count). The topological polar surface area (TPSA) is 65.0 Å². The first kappa shape index (κ1) is 19.0. The largest absolute Gasteiger partial charge is 0.504 e. The van der Waals surface area contributed by atoms with Crippen LogP contribution in [0, 0.1) is 5.41 Å². The van der Waals surface area contributed by atoms with Gasteiger partial charge in [-0.2, -0.15) is 0 Å². The smallest absolute Gasteiger partial charge is 0.160 e. The average Bonchev–Trinajstić information content (AvgIpc) is 2.48. The van der Waals surface area contributed by atoms with Crippen molar-refractivity contribution in [1.29, 1.82) is 0 Å². The van der Waals surface area contributed by atoms with Gasteiger partial charge in [-0.25, -0.2) is 0 Å². The predicted molar refractivity (Wildman–Crippen MR) is 90.0 cm³/mol. The number of piperazine rings is 1. The first-order chi connectivity index (χ1) is 9.99. The summed E-state index contributed by atoms with van der Waals surface area (Å²) >= 11 is 0. The number of phenolic OH excluding ortho intramolecular Hbond substituents is 1. The lowest BCUT2D eigenvalue weighted by molar-refractivity contribution is 0.0304. The lowest BCUT2D eigenvalue weighted by Crippen LogP contribution is -2.49. The van der Waals surface area contributed by atoms with Crippen molar-refractivity contribution in [2.75, 3.05) is 39.9 Å². The molecule has 5 nitrogen and oxygen atoms in total. The molecule has 0 aromatic heterocycles. The second kappa shape index (κ2) is 8.02. The second-order valence-electron chi connectivity index (χ2n) is 6.27. The number of rotatable bonds is 5. The molecule has 0 unspecified atom stereocenters. The number of ether oxygens (including phenoxy) is 1. The van der Waals surface area contributed by atoms with Crippen LogP contribution in [0.4, 0.5) is 0 Å². The Morgan fingerprint density at radius 1 is 1.32 bits per heavy atom. The van der Waals surface area contributed by atoms with E-state index in [1.54, 1.807) is 19.2 Å². The van der Waals surface area contributed by atoms with Crippen molar-refractivity contribution in [1.82, 2.24) is 10.2 Å². The molecule has 22 heavy (non-hydrogen) atoms. The van der Waals surface area contributed by atoms with Crippen molar-refractivity contribution >= 4 is 12.4 Å². The molecular weight excluding hydrogens is 304 g/mol. The third-order valence-corrected chi connectivity index (χ3v) is 4.18. The molecule has 6 heteroatoms. The minimum absolute atomic E-state index is 0. The highest BCUT2D eigenvalue weighted by atomic mass is 35.5. The maximum Gasteiger partial charge on any atom is 0.160 e. The SMILES string of the molecule is COc1ccc([C@H](N2CCNCC2)C(C)(C)CO)cc1O.Cl. The van der Waals surface area contributed by atoms with Gasteiger partial charge in [0, 0.05) is 44.2 Å². The van der Waals surface area contributed by atoms with E-state index in [9.17, 15) is 10.2 Å². The maximum absolute atomic E-state index is 10.1. The number of aromatic hydroxyl groups is 1. The van der Waals surface area contributed by atoms with Crippen LogP contribution in [-0.4, -0.2) is 55.0 Å². The van der Waals surface area contributed by atoms with E-state index < -0.39 is 0 Å². The molecule has 1 saturated heterocycles. The monoisotopic (exact) mass is 330 g/mol. The number of nitrogens with zero attached hydrogens (tertiary/aromatic N) is 1. The minimum atomic E-state index is -0.293. The number of halogens is 1. The van der Waals surface area contributed by atoms with Gasteiger partial charge in [0.25, 0.3) is 0 Å². The predicted octanol–water partition coefficient (Wildman–Crippen LogP) is 1.79. The average molecular weight is 331 g/mol. The zero-order valence-corrected chi connectivity index (χ0v) is 14.3. The van der Waals surface area contributed by atoms with Gasteiger partial charge < -0.3 is 20.3 Å². The maximum atomic E-state index is 10.1. The third kappa shape index (κ3) is 4.04. The summed E-state index contributed by atoms with van der Waals surface area (Å²) in [5.41, 5.74) is 0.715. The molecule has 1 aromatic carbocycles. The highest BCUT2D eigenvalue weighted by Gasteiger charge is 2.35. The zero-order valence-electron chi connectivity index (χ0n) is 13.5. The minimum Gasteiger partial charge on any atom is -0.504 e. The summed E-state index contributed by atoms with van der Waals surface area (Å²) < 4.78 is 5.11. The first-order valence-electron chi connectivity index (χ1n) is 7.42. The van der Waals surface area contributed by atoms with Gasteiger partial charge in [-0.3, -0.25) is 4.90 Å². The number of methoxy groups -OCH3 is 1. The quantitative estimate of drug-likeness (QED) is 0.768. The lowest BCUT2D eigenvalue weighted by atomic mass is 9.79. The Hall–Kier alpha value is -1.01.